The van der Waals surface area contributed by atoms with Crippen LogP contribution in [0.1, 0.15) is 80.3 Å². The highest BCUT2D eigenvalue weighted by Crippen LogP contribution is 2.38. The number of esters is 1. The molecule has 15 heteroatoms. The molecular formula is C37H62N2O13. The minimum Gasteiger partial charge on any atom is -0.497 e. The van der Waals surface area contributed by atoms with Crippen molar-refractivity contribution in [2.24, 2.45) is 23.7 Å². The van der Waals surface area contributed by atoms with Crippen LogP contribution >= 0.6 is 0 Å². The fraction of sp³-hybridized carbons (Fsp3) is 0.811. The Labute approximate surface area is 307 Å². The van der Waals surface area contributed by atoms with Gasteiger partial charge in [0.1, 0.15) is 30.2 Å². The van der Waals surface area contributed by atoms with Crippen LogP contribution in [0, 0.1) is 23.7 Å². The zero-order valence-electron chi connectivity index (χ0n) is 32.2. The van der Waals surface area contributed by atoms with Crippen molar-refractivity contribution < 1.29 is 63.9 Å². The van der Waals surface area contributed by atoms with Crippen molar-refractivity contribution in [3.8, 4) is 5.75 Å². The van der Waals surface area contributed by atoms with Gasteiger partial charge in [0.15, 0.2) is 6.29 Å². The van der Waals surface area contributed by atoms with Crippen LogP contribution in [-0.2, 0) is 35.1 Å². The lowest BCUT2D eigenvalue weighted by Crippen LogP contribution is -2.61. The number of nitrogens with zero attached hydrogens (tertiary/aromatic N) is 2. The summed E-state index contributed by atoms with van der Waals surface area (Å²) >= 11 is 0. The number of aliphatic hydroxyl groups excluding tert-OH is 4. The van der Waals surface area contributed by atoms with Crippen LogP contribution in [0.3, 0.4) is 0 Å². The fourth-order valence-electron chi connectivity index (χ4n) is 7.65. The number of pyridine rings is 1. The smallest absolute Gasteiger partial charge is 0.311 e. The van der Waals surface area contributed by atoms with E-state index in [4.69, 9.17) is 23.7 Å². The molecule has 1 amide bonds. The summed E-state index contributed by atoms with van der Waals surface area (Å²) in [6.07, 6.45) is -8.05. The van der Waals surface area contributed by atoms with Gasteiger partial charge in [0.05, 0.1) is 67.5 Å². The largest absolute Gasteiger partial charge is 0.497 e. The lowest BCUT2D eigenvalue weighted by atomic mass is 9.73. The molecule has 2 fully saturated rings. The standard InChI is InChI=1S/C37H62N2O13/c1-11-27-37(8,47)32(44)21(4)29(41)19(2)16-36(7,46)33(22(5)30(42)23(6)34(45)51-27)52-35-31(43)26(14-20(3)50-35)39(9)28(40)18-49-17-24-15-25(48-10)12-13-38-24/h12-13,15,19-23,26-27,29-33,35,41-44,46-47H,11,14,16-18H2,1-10H3/t19-,20-,21+,22+,23-,26?,27-,29+,30+,31-,32-,33-,35+,36?,37-/m1/s1. The molecule has 6 N–H and O–H groups in total. The molecule has 3 rings (SSSR count). The molecule has 298 valence electrons. The molecule has 0 aliphatic carbocycles. The van der Waals surface area contributed by atoms with Crippen molar-refractivity contribution >= 4 is 11.9 Å². The van der Waals surface area contributed by atoms with Gasteiger partial charge in [-0.15, -0.1) is 0 Å². The number of hydrogen-bond acceptors (Lipinski definition) is 14. The maximum atomic E-state index is 13.4. The van der Waals surface area contributed by atoms with Crippen molar-refractivity contribution in [1.29, 1.82) is 0 Å². The first-order valence-corrected chi connectivity index (χ1v) is 18.2. The van der Waals surface area contributed by atoms with E-state index in [1.54, 1.807) is 52.9 Å². The van der Waals surface area contributed by atoms with E-state index < -0.39 is 102 Å². The van der Waals surface area contributed by atoms with Gasteiger partial charge in [-0.3, -0.25) is 14.6 Å². The Morgan fingerprint density at radius 2 is 1.69 bits per heavy atom. The van der Waals surface area contributed by atoms with Crippen molar-refractivity contribution in [3.63, 3.8) is 0 Å². The van der Waals surface area contributed by atoms with E-state index in [2.05, 4.69) is 4.98 Å². The molecule has 0 bridgehead atoms. The molecule has 2 unspecified atom stereocenters. The average molecular weight is 743 g/mol. The van der Waals surface area contributed by atoms with Gasteiger partial charge in [0.25, 0.3) is 0 Å². The zero-order chi connectivity index (χ0) is 39.3. The predicted molar refractivity (Wildman–Crippen MR) is 188 cm³/mol. The van der Waals surface area contributed by atoms with Crippen LogP contribution in [0.2, 0.25) is 0 Å². The van der Waals surface area contributed by atoms with Crippen LogP contribution < -0.4 is 4.74 Å². The summed E-state index contributed by atoms with van der Waals surface area (Å²) < 4.78 is 28.9. The van der Waals surface area contributed by atoms with E-state index in [9.17, 15) is 40.2 Å². The number of carbonyl (C=O) groups excluding carboxylic acids is 2. The molecule has 3 heterocycles. The van der Waals surface area contributed by atoms with Crippen molar-refractivity contribution in [2.75, 3.05) is 20.8 Å². The average Bonchev–Trinajstić information content (AvgIpc) is 3.10. The van der Waals surface area contributed by atoms with Gasteiger partial charge in [0, 0.05) is 31.1 Å². The van der Waals surface area contributed by atoms with Gasteiger partial charge in [-0.2, -0.15) is 0 Å². The first kappa shape index (κ1) is 43.9. The van der Waals surface area contributed by atoms with E-state index in [1.807, 2.05) is 0 Å². The van der Waals surface area contributed by atoms with E-state index >= 15 is 0 Å². The van der Waals surface area contributed by atoms with Gasteiger partial charge in [-0.1, -0.05) is 27.7 Å². The fourth-order valence-corrected chi connectivity index (χ4v) is 7.65. The number of ether oxygens (including phenoxy) is 5. The van der Waals surface area contributed by atoms with E-state index in [0.717, 1.165) is 0 Å². The first-order valence-electron chi connectivity index (χ1n) is 18.2. The van der Waals surface area contributed by atoms with Crippen molar-refractivity contribution in [3.05, 3.63) is 24.0 Å². The maximum absolute atomic E-state index is 13.4. The number of amides is 1. The van der Waals surface area contributed by atoms with Crippen LogP contribution in [-0.4, -0.2) is 139 Å². The minimum atomic E-state index is -1.94. The number of aliphatic hydroxyl groups is 6. The number of methoxy groups -OCH3 is 1. The van der Waals surface area contributed by atoms with Crippen LogP contribution in [0.15, 0.2) is 18.3 Å². The number of hydrogen-bond donors (Lipinski definition) is 6. The zero-order valence-corrected chi connectivity index (χ0v) is 32.2. The minimum absolute atomic E-state index is 0.0570. The monoisotopic (exact) mass is 742 g/mol. The van der Waals surface area contributed by atoms with Gasteiger partial charge < -0.3 is 59.2 Å². The third-order valence-corrected chi connectivity index (χ3v) is 11.0. The molecule has 0 radical (unpaired) electrons. The SMILES string of the molecule is CC[C@H]1OC(=O)[C@H](C)[C@@H](O)[C@H](C)[C@@H](O[C@@H]2O[C@H](C)CC(N(C)C(=O)COCc3cc(OC)ccn3)[C@H]2O)C(C)(O)C[C@@H](C)[C@H](O)[C@H](C)[C@@H](O)[C@]1(C)O. The van der Waals surface area contributed by atoms with E-state index in [1.165, 1.54) is 39.8 Å². The van der Waals surface area contributed by atoms with Crippen LogP contribution in [0.5, 0.6) is 5.75 Å². The van der Waals surface area contributed by atoms with Crippen LogP contribution in [0.25, 0.3) is 0 Å². The molecule has 2 aliphatic heterocycles. The Bertz CT molecular complexity index is 1310. The summed E-state index contributed by atoms with van der Waals surface area (Å²) in [5.74, 6) is -4.38. The Hall–Kier alpha value is -2.47. The topological polar surface area (TPSA) is 218 Å². The molecule has 2 aliphatic rings. The van der Waals surface area contributed by atoms with Crippen molar-refractivity contribution in [2.45, 2.75) is 148 Å². The summed E-state index contributed by atoms with van der Waals surface area (Å²) in [6.45, 7) is 12.3. The Morgan fingerprint density at radius 3 is 2.31 bits per heavy atom. The summed E-state index contributed by atoms with van der Waals surface area (Å²) in [4.78, 5) is 32.2. The first-order chi connectivity index (χ1) is 24.2. The Kier molecular flexibility index (Phi) is 15.4. The summed E-state index contributed by atoms with van der Waals surface area (Å²) in [5, 5.41) is 69.1. The molecule has 1 aromatic rings. The van der Waals surface area contributed by atoms with Gasteiger partial charge in [-0.05, 0) is 58.9 Å². The number of carbonyl (C=O) groups is 2. The lowest BCUT2D eigenvalue weighted by molar-refractivity contribution is -0.299. The van der Waals surface area contributed by atoms with Crippen molar-refractivity contribution in [1.82, 2.24) is 9.88 Å². The lowest BCUT2D eigenvalue weighted by Gasteiger charge is -2.47. The molecule has 0 saturated carbocycles. The van der Waals surface area contributed by atoms with Crippen LogP contribution in [0.4, 0.5) is 0 Å². The number of likely N-dealkylation sites (N-methyl/N-ethyl adjacent to an activating group) is 1. The molecule has 52 heavy (non-hydrogen) atoms. The number of cyclic esters (lactones) is 1. The molecule has 0 aromatic carbocycles. The van der Waals surface area contributed by atoms with Gasteiger partial charge >= 0.3 is 5.97 Å². The highest BCUT2D eigenvalue weighted by Gasteiger charge is 2.51. The Morgan fingerprint density at radius 1 is 1.04 bits per heavy atom. The second kappa shape index (κ2) is 18.2. The van der Waals surface area contributed by atoms with E-state index in [-0.39, 0.29) is 32.5 Å². The second-order valence-corrected chi connectivity index (χ2v) is 15.4. The molecule has 0 spiro atoms. The highest BCUT2D eigenvalue weighted by molar-refractivity contribution is 5.77. The molecular weight excluding hydrogens is 680 g/mol. The normalized spacial score (nSPS) is 41.1. The summed E-state index contributed by atoms with van der Waals surface area (Å²) in [5.41, 5.74) is -3.17. The highest BCUT2D eigenvalue weighted by atomic mass is 16.7. The number of rotatable bonds is 9. The summed E-state index contributed by atoms with van der Waals surface area (Å²) in [6, 6.07) is 2.61. The second-order valence-electron chi connectivity index (χ2n) is 15.4. The molecule has 15 atom stereocenters. The third-order valence-electron chi connectivity index (χ3n) is 11.0. The quantitative estimate of drug-likeness (QED) is 0.196. The Balaban J connectivity index is 1.87. The molecule has 15 nitrogen and oxygen atoms in total. The van der Waals surface area contributed by atoms with E-state index in [0.29, 0.717) is 11.4 Å². The van der Waals surface area contributed by atoms with Gasteiger partial charge in [-0.25, -0.2) is 0 Å². The molecule has 1 aromatic heterocycles. The van der Waals surface area contributed by atoms with Gasteiger partial charge in [0.2, 0.25) is 5.91 Å². The maximum Gasteiger partial charge on any atom is 0.311 e. The summed E-state index contributed by atoms with van der Waals surface area (Å²) in [7, 11) is 3.07. The predicted octanol–water partition coefficient (Wildman–Crippen LogP) is 1.17. The molecule has 2 saturated heterocycles. The third kappa shape index (κ3) is 10.2. The number of aromatic nitrogens is 1.